The number of benzene rings is 1. The minimum absolute atomic E-state index is 0.284. The monoisotopic (exact) mass is 388 g/mol. The molecule has 1 aliphatic heterocycles. The predicted octanol–water partition coefficient (Wildman–Crippen LogP) is 2.81. The van der Waals surface area contributed by atoms with E-state index >= 15 is 0 Å². The van der Waals surface area contributed by atoms with E-state index in [0.717, 1.165) is 18.8 Å². The summed E-state index contributed by atoms with van der Waals surface area (Å²) in [7, 11) is 4.27. The van der Waals surface area contributed by atoms with Gasteiger partial charge in [-0.2, -0.15) is 5.26 Å². The van der Waals surface area contributed by atoms with Crippen molar-refractivity contribution in [3.63, 3.8) is 0 Å². The van der Waals surface area contributed by atoms with E-state index < -0.39 is 0 Å². The van der Waals surface area contributed by atoms with Crippen molar-refractivity contribution in [3.8, 4) is 11.8 Å². The molecule has 0 bridgehead atoms. The number of rotatable bonds is 6. The quantitative estimate of drug-likeness (QED) is 0.695. The number of hydrogen-bond acceptors (Lipinski definition) is 7. The number of nitrogens with one attached hydrogen (secondary N) is 1. The Morgan fingerprint density at radius 1 is 1.10 bits per heavy atom. The summed E-state index contributed by atoms with van der Waals surface area (Å²) in [5.74, 6) is 1.21. The number of nitrogens with zero attached hydrogens (tertiary/aromatic N) is 7. The molecule has 0 saturated carbocycles. The Hall–Kier alpha value is -3.44. The highest BCUT2D eigenvalue weighted by molar-refractivity contribution is 5.54. The first kappa shape index (κ1) is 18.9. The summed E-state index contributed by atoms with van der Waals surface area (Å²) in [4.78, 5) is 17.3. The van der Waals surface area contributed by atoms with Crippen molar-refractivity contribution in [1.29, 1.82) is 5.26 Å². The van der Waals surface area contributed by atoms with E-state index in [4.69, 9.17) is 5.26 Å². The SMILES string of the molecule is CN(C)CC1CCCN1c1ccc(-n2cnc(Nc3cnc(C#N)cn3)c2)cc1. The van der Waals surface area contributed by atoms with Crippen LogP contribution in [0.1, 0.15) is 18.5 Å². The molecule has 148 valence electrons. The molecule has 3 heterocycles. The highest BCUT2D eigenvalue weighted by atomic mass is 15.2. The maximum atomic E-state index is 8.80. The van der Waals surface area contributed by atoms with Crippen LogP contribution in [0.25, 0.3) is 5.69 Å². The molecule has 1 atom stereocenters. The average Bonchev–Trinajstić information content (AvgIpc) is 3.38. The van der Waals surface area contributed by atoms with Gasteiger partial charge in [-0.1, -0.05) is 0 Å². The highest BCUT2D eigenvalue weighted by Crippen LogP contribution is 2.27. The van der Waals surface area contributed by atoms with Gasteiger partial charge in [-0.25, -0.2) is 15.0 Å². The third kappa shape index (κ3) is 4.36. The van der Waals surface area contributed by atoms with Gasteiger partial charge in [0.05, 0.1) is 18.6 Å². The molecule has 0 spiro atoms. The Kier molecular flexibility index (Phi) is 5.40. The van der Waals surface area contributed by atoms with E-state index in [1.165, 1.54) is 30.9 Å². The van der Waals surface area contributed by atoms with Gasteiger partial charge >= 0.3 is 0 Å². The van der Waals surface area contributed by atoms with Gasteiger partial charge in [0.2, 0.25) is 0 Å². The van der Waals surface area contributed by atoms with Crippen LogP contribution in [0.5, 0.6) is 0 Å². The Labute approximate surface area is 170 Å². The second-order valence-electron chi connectivity index (χ2n) is 7.46. The van der Waals surface area contributed by atoms with Crippen LogP contribution in [0.2, 0.25) is 0 Å². The molecule has 1 unspecified atom stereocenters. The van der Waals surface area contributed by atoms with Gasteiger partial charge in [-0.15, -0.1) is 0 Å². The summed E-state index contributed by atoms with van der Waals surface area (Å²) in [5, 5.41) is 11.9. The summed E-state index contributed by atoms with van der Waals surface area (Å²) in [6.07, 6.45) is 9.11. The summed E-state index contributed by atoms with van der Waals surface area (Å²) in [6.45, 7) is 2.19. The Morgan fingerprint density at radius 3 is 2.59 bits per heavy atom. The van der Waals surface area contributed by atoms with Crippen LogP contribution in [0.15, 0.2) is 49.2 Å². The fourth-order valence-electron chi connectivity index (χ4n) is 3.71. The van der Waals surface area contributed by atoms with Crippen molar-refractivity contribution in [3.05, 3.63) is 54.9 Å². The molecule has 0 radical (unpaired) electrons. The fraction of sp³-hybridized carbons (Fsp3) is 0.333. The van der Waals surface area contributed by atoms with E-state index in [1.807, 2.05) is 16.8 Å². The van der Waals surface area contributed by atoms with E-state index in [9.17, 15) is 0 Å². The molecular weight excluding hydrogens is 364 g/mol. The molecule has 1 N–H and O–H groups in total. The maximum absolute atomic E-state index is 8.80. The molecule has 4 rings (SSSR count). The first-order valence-electron chi connectivity index (χ1n) is 9.67. The van der Waals surface area contributed by atoms with Crippen LogP contribution in [0.3, 0.4) is 0 Å². The summed E-state index contributed by atoms with van der Waals surface area (Å²) < 4.78 is 1.96. The van der Waals surface area contributed by atoms with E-state index in [0.29, 0.717) is 17.7 Å². The van der Waals surface area contributed by atoms with Crippen molar-refractivity contribution in [2.75, 3.05) is 37.4 Å². The lowest BCUT2D eigenvalue weighted by Gasteiger charge is -2.29. The van der Waals surface area contributed by atoms with Gasteiger partial charge in [-0.3, -0.25) is 0 Å². The summed E-state index contributed by atoms with van der Waals surface area (Å²) in [5.41, 5.74) is 2.60. The zero-order valence-electron chi connectivity index (χ0n) is 16.7. The van der Waals surface area contributed by atoms with Gasteiger partial charge in [0, 0.05) is 30.5 Å². The average molecular weight is 388 g/mol. The minimum atomic E-state index is 0.284. The van der Waals surface area contributed by atoms with E-state index in [2.05, 4.69) is 68.4 Å². The van der Waals surface area contributed by atoms with E-state index in [-0.39, 0.29) is 5.69 Å². The zero-order chi connectivity index (χ0) is 20.2. The van der Waals surface area contributed by atoms with Gasteiger partial charge < -0.3 is 19.7 Å². The number of hydrogen-bond donors (Lipinski definition) is 1. The van der Waals surface area contributed by atoms with Crippen molar-refractivity contribution < 1.29 is 0 Å². The van der Waals surface area contributed by atoms with Gasteiger partial charge in [0.25, 0.3) is 0 Å². The number of likely N-dealkylation sites (N-methyl/N-ethyl adjacent to an activating group) is 1. The molecule has 0 aliphatic carbocycles. The third-order valence-corrected chi connectivity index (χ3v) is 5.04. The molecule has 1 aromatic carbocycles. The molecule has 8 heteroatoms. The van der Waals surface area contributed by atoms with Crippen LogP contribution in [0.4, 0.5) is 17.3 Å². The molecule has 29 heavy (non-hydrogen) atoms. The highest BCUT2D eigenvalue weighted by Gasteiger charge is 2.25. The number of aromatic nitrogens is 4. The first-order chi connectivity index (χ1) is 14.1. The standard InChI is InChI=1S/C21H24N8/c1-27(2)13-19-4-3-9-29(19)18-7-5-17(6-8-18)28-14-21(25-15-28)26-20-12-23-16(10-22)11-24-20/h5-8,11-12,14-15,19H,3-4,9,13H2,1-2H3,(H,24,26). The van der Waals surface area contributed by atoms with Crippen LogP contribution >= 0.6 is 0 Å². The molecular formula is C21H24N8. The predicted molar refractivity (Wildman–Crippen MR) is 113 cm³/mol. The van der Waals surface area contributed by atoms with Crippen LogP contribution < -0.4 is 10.2 Å². The first-order valence-corrected chi connectivity index (χ1v) is 9.67. The zero-order valence-corrected chi connectivity index (χ0v) is 16.7. The molecule has 3 aromatic rings. The third-order valence-electron chi connectivity index (χ3n) is 5.04. The second kappa shape index (κ2) is 8.29. The molecule has 1 aliphatic rings. The minimum Gasteiger partial charge on any atom is -0.367 e. The lowest BCUT2D eigenvalue weighted by Crippen LogP contribution is -2.37. The van der Waals surface area contributed by atoms with Gasteiger partial charge in [-0.05, 0) is 51.2 Å². The second-order valence-corrected chi connectivity index (χ2v) is 7.46. The van der Waals surface area contributed by atoms with Crippen LogP contribution in [-0.2, 0) is 0 Å². The lowest BCUT2D eigenvalue weighted by molar-refractivity contribution is 0.372. The van der Waals surface area contributed by atoms with Crippen molar-refractivity contribution in [2.45, 2.75) is 18.9 Å². The molecule has 0 amide bonds. The summed E-state index contributed by atoms with van der Waals surface area (Å²) >= 11 is 0. The van der Waals surface area contributed by atoms with E-state index in [1.54, 1.807) is 6.33 Å². The smallest absolute Gasteiger partial charge is 0.158 e. The lowest BCUT2D eigenvalue weighted by atomic mass is 10.2. The molecule has 1 saturated heterocycles. The Morgan fingerprint density at radius 2 is 1.90 bits per heavy atom. The van der Waals surface area contributed by atoms with Crippen molar-refractivity contribution in [2.24, 2.45) is 0 Å². The largest absolute Gasteiger partial charge is 0.367 e. The molecule has 8 nitrogen and oxygen atoms in total. The van der Waals surface area contributed by atoms with Crippen LogP contribution in [0, 0.1) is 11.3 Å². The van der Waals surface area contributed by atoms with Crippen molar-refractivity contribution >= 4 is 17.3 Å². The topological polar surface area (TPSA) is 85.9 Å². The van der Waals surface area contributed by atoms with Gasteiger partial charge in [0.15, 0.2) is 5.69 Å². The fourth-order valence-corrected chi connectivity index (χ4v) is 3.71. The molecule has 2 aromatic heterocycles. The van der Waals surface area contributed by atoms with Crippen molar-refractivity contribution in [1.82, 2.24) is 24.4 Å². The van der Waals surface area contributed by atoms with Crippen LogP contribution in [-0.4, -0.2) is 57.6 Å². The maximum Gasteiger partial charge on any atom is 0.158 e. The number of nitriles is 1. The normalized spacial score (nSPS) is 16.2. The number of imidazole rings is 1. The Bertz CT molecular complexity index is 985. The Balaban J connectivity index is 1.45. The summed E-state index contributed by atoms with van der Waals surface area (Å²) in [6, 6.07) is 11.1. The number of anilines is 3. The molecule has 1 fully saturated rings. The van der Waals surface area contributed by atoms with Gasteiger partial charge in [0.1, 0.15) is 24.0 Å².